The third-order valence-electron chi connectivity index (χ3n) is 5.20. The number of thiocarbonyl (C=S) groups is 1. The average molecular weight is 505 g/mol. The Morgan fingerprint density at radius 3 is 2.06 bits per heavy atom. The van der Waals surface area contributed by atoms with Gasteiger partial charge in [0, 0.05) is 23.4 Å². The largest absolute Gasteiger partial charge is 0.332 e. The molecule has 2 amide bonds. The first kappa shape index (κ1) is 29.6. The van der Waals surface area contributed by atoms with E-state index in [9.17, 15) is 9.59 Å². The van der Waals surface area contributed by atoms with Gasteiger partial charge in [-0.15, -0.1) is 12.4 Å². The topological polar surface area (TPSA) is 73.5 Å². The summed E-state index contributed by atoms with van der Waals surface area (Å²) in [5.74, 6) is -0.237. The zero-order valence-corrected chi connectivity index (χ0v) is 22.0. The van der Waals surface area contributed by atoms with E-state index in [0.717, 1.165) is 43.6 Å². The molecule has 0 unspecified atom stereocenters. The first-order valence-electron chi connectivity index (χ1n) is 11.6. The summed E-state index contributed by atoms with van der Waals surface area (Å²) in [7, 11) is 4.05. The van der Waals surface area contributed by atoms with E-state index in [0.29, 0.717) is 12.0 Å². The Balaban J connectivity index is 0.00000578. The normalized spacial score (nSPS) is 10.4. The standard InChI is InChI=1S/C26H36N4O2S.ClH/c1-4-5-6-9-20-11-13-21(14-12-20)25(32)29-26(33)28-23-17-15-22(16-18-23)27-24(31)10-7-8-19-30(2)3;/h11-18H,4-10,19H2,1-3H3,(H,27,31)(H2,28,29,32,33);1H. The predicted molar refractivity (Wildman–Crippen MR) is 148 cm³/mol. The minimum Gasteiger partial charge on any atom is -0.332 e. The molecule has 0 spiro atoms. The fourth-order valence-corrected chi connectivity index (χ4v) is 3.52. The van der Waals surface area contributed by atoms with Crippen LogP contribution in [0.3, 0.4) is 0 Å². The molecule has 2 aromatic carbocycles. The number of halogens is 1. The Bertz CT molecular complexity index is 902. The highest BCUT2D eigenvalue weighted by atomic mass is 35.5. The molecule has 0 fully saturated rings. The van der Waals surface area contributed by atoms with Gasteiger partial charge in [0.05, 0.1) is 0 Å². The maximum Gasteiger partial charge on any atom is 0.257 e. The van der Waals surface area contributed by atoms with E-state index >= 15 is 0 Å². The maximum absolute atomic E-state index is 12.4. The number of unbranched alkanes of at least 4 members (excludes halogenated alkanes) is 3. The van der Waals surface area contributed by atoms with Crippen LogP contribution in [0.1, 0.15) is 61.4 Å². The lowest BCUT2D eigenvalue weighted by Gasteiger charge is -2.11. The SMILES string of the molecule is CCCCCc1ccc(C(=O)NC(=S)Nc2ccc(NC(=O)CCCCN(C)C)cc2)cc1.Cl. The Morgan fingerprint density at radius 1 is 0.853 bits per heavy atom. The number of hydrogen-bond donors (Lipinski definition) is 3. The first-order chi connectivity index (χ1) is 15.9. The zero-order valence-electron chi connectivity index (χ0n) is 20.4. The second kappa shape index (κ2) is 16.2. The molecule has 8 heteroatoms. The predicted octanol–water partition coefficient (Wildman–Crippen LogP) is 5.64. The molecule has 0 aliphatic carbocycles. The molecule has 0 heterocycles. The van der Waals surface area contributed by atoms with Gasteiger partial charge in [0.25, 0.3) is 5.91 Å². The summed E-state index contributed by atoms with van der Waals surface area (Å²) in [6.07, 6.45) is 6.96. The van der Waals surface area contributed by atoms with Crippen LogP contribution in [-0.2, 0) is 11.2 Å². The summed E-state index contributed by atoms with van der Waals surface area (Å²) in [5.41, 5.74) is 3.27. The first-order valence-corrected chi connectivity index (χ1v) is 12.0. The van der Waals surface area contributed by atoms with Gasteiger partial charge in [0.1, 0.15) is 0 Å². The van der Waals surface area contributed by atoms with Crippen molar-refractivity contribution in [1.29, 1.82) is 0 Å². The third-order valence-corrected chi connectivity index (χ3v) is 5.40. The van der Waals surface area contributed by atoms with Gasteiger partial charge in [-0.25, -0.2) is 0 Å². The Kier molecular flexibility index (Phi) is 14.1. The molecule has 0 saturated heterocycles. The molecule has 0 atom stereocenters. The van der Waals surface area contributed by atoms with Crippen LogP contribution in [0.4, 0.5) is 11.4 Å². The van der Waals surface area contributed by atoms with Crippen molar-refractivity contribution in [2.24, 2.45) is 0 Å². The lowest BCUT2D eigenvalue weighted by atomic mass is 10.1. The lowest BCUT2D eigenvalue weighted by molar-refractivity contribution is -0.116. The van der Waals surface area contributed by atoms with Crippen LogP contribution in [0, 0.1) is 0 Å². The number of nitrogens with one attached hydrogen (secondary N) is 3. The zero-order chi connectivity index (χ0) is 24.1. The number of hydrogen-bond acceptors (Lipinski definition) is 4. The van der Waals surface area contributed by atoms with Gasteiger partial charge in [-0.2, -0.15) is 0 Å². The number of aryl methyl sites for hydroxylation is 1. The van der Waals surface area contributed by atoms with E-state index in [1.54, 1.807) is 0 Å². The second-order valence-electron chi connectivity index (χ2n) is 8.45. The van der Waals surface area contributed by atoms with Crippen LogP contribution in [0.15, 0.2) is 48.5 Å². The molecule has 0 aromatic heterocycles. The fourth-order valence-electron chi connectivity index (χ4n) is 3.31. The van der Waals surface area contributed by atoms with Crippen LogP contribution in [-0.4, -0.2) is 42.5 Å². The van der Waals surface area contributed by atoms with Gasteiger partial charge in [-0.1, -0.05) is 31.9 Å². The highest BCUT2D eigenvalue weighted by Crippen LogP contribution is 2.14. The maximum atomic E-state index is 12.4. The highest BCUT2D eigenvalue weighted by molar-refractivity contribution is 7.80. The van der Waals surface area contributed by atoms with Crippen LogP contribution < -0.4 is 16.0 Å². The number of amides is 2. The fraction of sp³-hybridized carbons (Fsp3) is 0.423. The van der Waals surface area contributed by atoms with Crippen LogP contribution in [0.5, 0.6) is 0 Å². The molecule has 0 saturated carbocycles. The van der Waals surface area contributed by atoms with Gasteiger partial charge in [0.15, 0.2) is 5.11 Å². The number of rotatable bonds is 12. The summed E-state index contributed by atoms with van der Waals surface area (Å²) >= 11 is 5.27. The average Bonchev–Trinajstić information content (AvgIpc) is 2.78. The minimum atomic E-state index is -0.245. The van der Waals surface area contributed by atoms with Crippen LogP contribution in [0.25, 0.3) is 0 Å². The molecule has 0 radical (unpaired) electrons. The molecule has 2 rings (SSSR count). The van der Waals surface area contributed by atoms with Gasteiger partial charge < -0.3 is 15.5 Å². The van der Waals surface area contributed by atoms with Gasteiger partial charge in [-0.3, -0.25) is 14.9 Å². The van der Waals surface area contributed by atoms with Crippen molar-refractivity contribution in [2.75, 3.05) is 31.3 Å². The van der Waals surface area contributed by atoms with E-state index in [1.807, 2.05) is 62.6 Å². The number of carbonyl (C=O) groups excluding carboxylic acids is 2. The van der Waals surface area contributed by atoms with Crippen molar-refractivity contribution < 1.29 is 9.59 Å². The molecule has 0 bridgehead atoms. The molecule has 34 heavy (non-hydrogen) atoms. The van der Waals surface area contributed by atoms with Crippen molar-refractivity contribution in [2.45, 2.75) is 51.9 Å². The Morgan fingerprint density at radius 2 is 1.47 bits per heavy atom. The van der Waals surface area contributed by atoms with Crippen LogP contribution in [0.2, 0.25) is 0 Å². The number of anilines is 2. The summed E-state index contributed by atoms with van der Waals surface area (Å²) in [4.78, 5) is 26.6. The molecular formula is C26H37ClN4O2S. The summed E-state index contributed by atoms with van der Waals surface area (Å²) in [6, 6.07) is 14.9. The number of carbonyl (C=O) groups is 2. The molecule has 6 nitrogen and oxygen atoms in total. The van der Waals surface area contributed by atoms with Crippen molar-refractivity contribution in [1.82, 2.24) is 10.2 Å². The Hall–Kier alpha value is -2.48. The quantitative estimate of drug-likeness (QED) is 0.258. The van der Waals surface area contributed by atoms with E-state index in [2.05, 4.69) is 27.8 Å². The van der Waals surface area contributed by atoms with E-state index in [4.69, 9.17) is 12.2 Å². The lowest BCUT2D eigenvalue weighted by Crippen LogP contribution is -2.34. The smallest absolute Gasteiger partial charge is 0.257 e. The highest BCUT2D eigenvalue weighted by Gasteiger charge is 2.09. The number of benzene rings is 2. The van der Waals surface area contributed by atoms with Crippen molar-refractivity contribution >= 4 is 52.9 Å². The summed E-state index contributed by atoms with van der Waals surface area (Å²) in [5, 5.41) is 8.84. The minimum absolute atomic E-state index is 0. The summed E-state index contributed by atoms with van der Waals surface area (Å²) < 4.78 is 0. The molecule has 0 aliphatic rings. The van der Waals surface area contributed by atoms with Crippen LogP contribution >= 0.6 is 24.6 Å². The molecular weight excluding hydrogens is 468 g/mol. The Labute approximate surface area is 215 Å². The van der Waals surface area contributed by atoms with E-state index in [1.165, 1.54) is 18.4 Å². The molecule has 2 aromatic rings. The van der Waals surface area contributed by atoms with Gasteiger partial charge in [0.2, 0.25) is 5.91 Å². The second-order valence-corrected chi connectivity index (χ2v) is 8.86. The summed E-state index contributed by atoms with van der Waals surface area (Å²) in [6.45, 7) is 3.17. The molecule has 0 aliphatic heterocycles. The monoisotopic (exact) mass is 504 g/mol. The van der Waals surface area contributed by atoms with E-state index < -0.39 is 0 Å². The molecule has 3 N–H and O–H groups in total. The van der Waals surface area contributed by atoms with Crippen molar-refractivity contribution in [3.8, 4) is 0 Å². The van der Waals surface area contributed by atoms with Crippen molar-refractivity contribution in [3.63, 3.8) is 0 Å². The molecule has 186 valence electrons. The third kappa shape index (κ3) is 11.6. The van der Waals surface area contributed by atoms with Gasteiger partial charge >= 0.3 is 0 Å². The van der Waals surface area contributed by atoms with Crippen molar-refractivity contribution in [3.05, 3.63) is 59.7 Å². The van der Waals surface area contributed by atoms with Gasteiger partial charge in [-0.05, 0) is 101 Å². The number of nitrogens with zero attached hydrogens (tertiary/aromatic N) is 1. The van der Waals surface area contributed by atoms with E-state index in [-0.39, 0.29) is 29.3 Å².